The third kappa shape index (κ3) is 5.71. The minimum Gasteiger partial charge on any atom is -0.294 e. The summed E-state index contributed by atoms with van der Waals surface area (Å²) < 4.78 is 42.6. The Bertz CT molecular complexity index is 1100. The van der Waals surface area contributed by atoms with Crippen LogP contribution in [0.15, 0.2) is 71.2 Å². The van der Waals surface area contributed by atoms with Crippen LogP contribution in [0, 0.1) is 6.92 Å². The van der Waals surface area contributed by atoms with Crippen molar-refractivity contribution in [1.29, 1.82) is 0 Å². The first kappa shape index (κ1) is 25.2. The monoisotopic (exact) mass is 560 g/mol. The second-order valence-electron chi connectivity index (χ2n) is 7.32. The molecule has 0 aliphatic heterocycles. The molecule has 0 aliphatic rings. The summed E-state index contributed by atoms with van der Waals surface area (Å²) >= 11 is 16.1. The van der Waals surface area contributed by atoms with E-state index in [2.05, 4.69) is 15.9 Å². The number of rotatable bonds is 7. The molecule has 32 heavy (non-hydrogen) atoms. The maximum atomic E-state index is 14.8. The van der Waals surface area contributed by atoms with Crippen LogP contribution in [0.5, 0.6) is 0 Å². The number of hydrogen-bond donors (Lipinski definition) is 0. The van der Waals surface area contributed by atoms with Crippen LogP contribution < -0.4 is 0 Å². The fourth-order valence-corrected chi connectivity index (χ4v) is 5.36. The van der Waals surface area contributed by atoms with Gasteiger partial charge in [0.25, 0.3) is 0 Å². The van der Waals surface area contributed by atoms with E-state index in [4.69, 9.17) is 23.2 Å². The number of thioether (sulfide) groups is 1. The first-order valence-corrected chi connectivity index (χ1v) is 12.1. The molecule has 0 heterocycles. The van der Waals surface area contributed by atoms with Gasteiger partial charge in [-0.05, 0) is 53.9 Å². The average molecular weight is 562 g/mol. The molecule has 3 aromatic carbocycles. The molecule has 3 rings (SSSR count). The van der Waals surface area contributed by atoms with Crippen molar-refractivity contribution in [2.24, 2.45) is 0 Å². The second kappa shape index (κ2) is 10.2. The predicted octanol–water partition coefficient (Wildman–Crippen LogP) is 9.03. The molecule has 1 nitrogen and oxygen atoms in total. The molecular formula is C24H18BrCl2F3OS. The first-order chi connectivity index (χ1) is 15.0. The van der Waals surface area contributed by atoms with Crippen molar-refractivity contribution in [1.82, 2.24) is 0 Å². The Labute approximate surface area is 207 Å². The highest BCUT2D eigenvalue weighted by molar-refractivity contribution is 9.10. The number of halogens is 6. The van der Waals surface area contributed by atoms with E-state index < -0.39 is 23.1 Å². The number of hydrogen-bond acceptors (Lipinski definition) is 2. The van der Waals surface area contributed by atoms with Gasteiger partial charge in [-0.3, -0.25) is 4.79 Å². The average Bonchev–Trinajstić information content (AvgIpc) is 2.72. The van der Waals surface area contributed by atoms with Gasteiger partial charge < -0.3 is 0 Å². The highest BCUT2D eigenvalue weighted by Crippen LogP contribution is 2.54. The van der Waals surface area contributed by atoms with Gasteiger partial charge in [-0.1, -0.05) is 75.5 Å². The molecule has 0 amide bonds. The maximum Gasteiger partial charge on any atom is 0.407 e. The minimum absolute atomic E-state index is 0.0527. The Morgan fingerprint density at radius 2 is 1.59 bits per heavy atom. The lowest BCUT2D eigenvalue weighted by Crippen LogP contribution is -2.41. The lowest BCUT2D eigenvalue weighted by atomic mass is 9.89. The standard InChI is InChI=1S/C24H18BrCl2F3OS/c1-15-9-17(7-8-21(15)25)22(31)13-23(24(28,29)30,18-10-19(26)12-20(27)11-18)32-14-16-5-3-2-4-6-16/h2-12H,13-14H2,1H3. The zero-order valence-corrected chi connectivity index (χ0v) is 20.8. The van der Waals surface area contributed by atoms with Crippen molar-refractivity contribution in [3.8, 4) is 0 Å². The summed E-state index contributed by atoms with van der Waals surface area (Å²) in [5.74, 6) is -0.563. The minimum atomic E-state index is -4.75. The fourth-order valence-electron chi connectivity index (χ4n) is 3.30. The summed E-state index contributed by atoms with van der Waals surface area (Å²) in [6.07, 6.45) is -5.54. The van der Waals surface area contributed by atoms with E-state index in [9.17, 15) is 18.0 Å². The highest BCUT2D eigenvalue weighted by Gasteiger charge is 2.57. The van der Waals surface area contributed by atoms with Crippen molar-refractivity contribution in [2.75, 3.05) is 0 Å². The van der Waals surface area contributed by atoms with Gasteiger partial charge in [-0.2, -0.15) is 13.2 Å². The number of carbonyl (C=O) groups is 1. The molecule has 0 spiro atoms. The molecule has 168 valence electrons. The van der Waals surface area contributed by atoms with Crippen molar-refractivity contribution >= 4 is 56.7 Å². The van der Waals surface area contributed by atoms with Crippen LogP contribution in [0.3, 0.4) is 0 Å². The Kier molecular flexibility index (Phi) is 8.02. The predicted molar refractivity (Wildman–Crippen MR) is 130 cm³/mol. The normalized spacial score (nSPS) is 13.6. The van der Waals surface area contributed by atoms with Crippen LogP contribution >= 0.6 is 50.9 Å². The van der Waals surface area contributed by atoms with Crippen molar-refractivity contribution < 1.29 is 18.0 Å². The Hall–Kier alpha value is -1.47. The van der Waals surface area contributed by atoms with Gasteiger partial charge in [0.15, 0.2) is 5.78 Å². The number of benzene rings is 3. The molecular weight excluding hydrogens is 544 g/mol. The molecule has 0 aliphatic carbocycles. The number of carbonyl (C=O) groups excluding carboxylic acids is 1. The molecule has 0 saturated carbocycles. The Morgan fingerprint density at radius 3 is 2.16 bits per heavy atom. The fraction of sp³-hybridized carbons (Fsp3) is 0.208. The van der Waals surface area contributed by atoms with Crippen molar-refractivity contribution in [3.05, 3.63) is 104 Å². The van der Waals surface area contributed by atoms with Gasteiger partial charge in [-0.15, -0.1) is 11.8 Å². The zero-order chi connectivity index (χ0) is 23.5. The molecule has 3 aromatic rings. The largest absolute Gasteiger partial charge is 0.407 e. The van der Waals surface area contributed by atoms with Gasteiger partial charge in [0.2, 0.25) is 0 Å². The zero-order valence-electron chi connectivity index (χ0n) is 16.8. The van der Waals surface area contributed by atoms with E-state index >= 15 is 0 Å². The maximum absolute atomic E-state index is 14.8. The van der Waals surface area contributed by atoms with E-state index in [-0.39, 0.29) is 26.9 Å². The second-order valence-corrected chi connectivity index (χ2v) is 10.3. The van der Waals surface area contributed by atoms with Crippen molar-refractivity contribution in [2.45, 2.75) is 30.0 Å². The van der Waals surface area contributed by atoms with E-state index in [1.54, 1.807) is 49.4 Å². The van der Waals surface area contributed by atoms with Gasteiger partial charge in [0.1, 0.15) is 4.75 Å². The number of alkyl halides is 3. The van der Waals surface area contributed by atoms with Crippen LogP contribution in [0.25, 0.3) is 0 Å². The summed E-state index contributed by atoms with van der Waals surface area (Å²) in [7, 11) is 0. The number of Topliss-reactive ketones (excluding diaryl/α,β-unsaturated/α-hetero) is 1. The SMILES string of the molecule is Cc1cc(C(=O)CC(SCc2ccccc2)(c2cc(Cl)cc(Cl)c2)C(F)(F)F)ccc1Br. The third-order valence-electron chi connectivity index (χ3n) is 5.00. The van der Waals surface area contributed by atoms with Gasteiger partial charge >= 0.3 is 6.18 Å². The summed E-state index contributed by atoms with van der Waals surface area (Å²) in [5, 5.41) is 0.154. The van der Waals surface area contributed by atoms with Gasteiger partial charge in [0.05, 0.1) is 0 Å². The number of aryl methyl sites for hydroxylation is 1. The number of ketones is 1. The van der Waals surface area contributed by atoms with Crippen LogP contribution in [-0.2, 0) is 10.5 Å². The van der Waals surface area contributed by atoms with Crippen molar-refractivity contribution in [3.63, 3.8) is 0 Å². The molecule has 0 bridgehead atoms. The quantitative estimate of drug-likeness (QED) is 0.268. The lowest BCUT2D eigenvalue weighted by Gasteiger charge is -2.36. The molecule has 8 heteroatoms. The molecule has 1 unspecified atom stereocenters. The molecule has 0 aromatic heterocycles. The molecule has 0 fully saturated rings. The first-order valence-electron chi connectivity index (χ1n) is 9.52. The highest BCUT2D eigenvalue weighted by atomic mass is 79.9. The van der Waals surface area contributed by atoms with E-state index in [1.165, 1.54) is 24.3 Å². The van der Waals surface area contributed by atoms with Crippen LogP contribution in [0.4, 0.5) is 13.2 Å². The molecule has 0 N–H and O–H groups in total. The summed E-state index contributed by atoms with van der Waals surface area (Å²) in [6, 6.07) is 17.4. The topological polar surface area (TPSA) is 17.1 Å². The summed E-state index contributed by atoms with van der Waals surface area (Å²) in [4.78, 5) is 13.1. The Balaban J connectivity index is 2.10. The smallest absolute Gasteiger partial charge is 0.294 e. The molecule has 1 atom stereocenters. The van der Waals surface area contributed by atoms with E-state index in [1.807, 2.05) is 0 Å². The third-order valence-corrected chi connectivity index (χ3v) is 7.91. The Morgan fingerprint density at radius 1 is 0.969 bits per heavy atom. The summed E-state index contributed by atoms with van der Waals surface area (Å²) in [5.41, 5.74) is 1.54. The lowest BCUT2D eigenvalue weighted by molar-refractivity contribution is -0.161. The van der Waals surface area contributed by atoms with Gasteiger partial charge in [0, 0.05) is 32.3 Å². The van der Waals surface area contributed by atoms with E-state index in [0.29, 0.717) is 17.3 Å². The van der Waals surface area contributed by atoms with Crippen LogP contribution in [-0.4, -0.2) is 12.0 Å². The van der Waals surface area contributed by atoms with E-state index in [0.717, 1.165) is 10.0 Å². The molecule has 0 radical (unpaired) electrons. The summed E-state index contributed by atoms with van der Waals surface area (Å²) in [6.45, 7) is 1.78. The van der Waals surface area contributed by atoms with Crippen LogP contribution in [0.2, 0.25) is 10.0 Å². The van der Waals surface area contributed by atoms with Crippen LogP contribution in [0.1, 0.15) is 33.5 Å². The molecule has 0 saturated heterocycles. The van der Waals surface area contributed by atoms with Gasteiger partial charge in [-0.25, -0.2) is 0 Å².